The normalized spacial score (nSPS) is 18.0. The van der Waals surface area contributed by atoms with Crippen molar-refractivity contribution < 1.29 is 5.11 Å². The van der Waals surface area contributed by atoms with Crippen LogP contribution in [0.5, 0.6) is 5.75 Å². The molecule has 0 bridgehead atoms. The fourth-order valence-corrected chi connectivity index (χ4v) is 4.01. The number of phenolic OH excluding ortho intramolecular Hbond substituents is 1. The van der Waals surface area contributed by atoms with Gasteiger partial charge in [-0.05, 0) is 61.5 Å². The first-order valence-corrected chi connectivity index (χ1v) is 9.11. The smallest absolute Gasteiger partial charge is 0.149 e. The summed E-state index contributed by atoms with van der Waals surface area (Å²) < 4.78 is 1.07. The van der Waals surface area contributed by atoms with Crippen molar-refractivity contribution in [1.29, 1.82) is 0 Å². The fraction of sp³-hybridized carbons (Fsp3) is 0.333. The number of hydrogen-bond donors (Lipinski definition) is 3. The van der Waals surface area contributed by atoms with Gasteiger partial charge in [0, 0.05) is 28.2 Å². The first kappa shape index (κ1) is 15.4. The summed E-state index contributed by atoms with van der Waals surface area (Å²) >= 11 is 1.62. The zero-order chi connectivity index (χ0) is 16.5. The average Bonchev–Trinajstić information content (AvgIpc) is 3.07. The Balaban J connectivity index is 1.64. The Labute approximate surface area is 144 Å². The Kier molecular flexibility index (Phi) is 4.08. The molecule has 3 N–H and O–H groups in total. The number of hydrogen-bond acceptors (Lipinski definition) is 6. The van der Waals surface area contributed by atoms with E-state index in [1.165, 1.54) is 6.42 Å². The van der Waals surface area contributed by atoms with Gasteiger partial charge in [-0.25, -0.2) is 0 Å². The summed E-state index contributed by atoms with van der Waals surface area (Å²) in [7, 11) is 0. The van der Waals surface area contributed by atoms with E-state index in [4.69, 9.17) is 0 Å². The molecule has 1 aliphatic rings. The predicted molar refractivity (Wildman–Crippen MR) is 98.8 cm³/mol. The second-order valence-corrected chi connectivity index (χ2v) is 7.19. The van der Waals surface area contributed by atoms with Gasteiger partial charge in [0.05, 0.1) is 5.69 Å². The number of aromatic nitrogens is 2. The van der Waals surface area contributed by atoms with Crippen molar-refractivity contribution in [3.05, 3.63) is 35.2 Å². The van der Waals surface area contributed by atoms with Crippen LogP contribution < -0.4 is 10.6 Å². The molecule has 0 spiro atoms. The highest BCUT2D eigenvalue weighted by molar-refractivity contribution is 7.17. The second-order valence-electron chi connectivity index (χ2n) is 6.24. The lowest BCUT2D eigenvalue weighted by Gasteiger charge is -2.24. The maximum absolute atomic E-state index is 10.6. The number of nitrogens with one attached hydrogen (secondary N) is 2. The van der Waals surface area contributed by atoms with Crippen molar-refractivity contribution in [2.45, 2.75) is 25.8 Å². The van der Waals surface area contributed by atoms with Crippen LogP contribution in [0.1, 0.15) is 18.4 Å². The molecular formula is C18H20N4OS. The molecule has 1 atom stereocenters. The number of rotatable bonds is 3. The number of fused-ring (bicyclic) bond motifs is 1. The summed E-state index contributed by atoms with van der Waals surface area (Å²) in [6.07, 6.45) is 2.32. The van der Waals surface area contributed by atoms with Crippen LogP contribution in [0.4, 0.5) is 5.82 Å². The van der Waals surface area contributed by atoms with Crippen LogP contribution in [0.3, 0.4) is 0 Å². The predicted octanol–water partition coefficient (Wildman–Crippen LogP) is 3.54. The molecule has 3 heterocycles. The molecule has 24 heavy (non-hydrogen) atoms. The van der Waals surface area contributed by atoms with Gasteiger partial charge in [0.15, 0.2) is 0 Å². The summed E-state index contributed by atoms with van der Waals surface area (Å²) in [5, 5.41) is 28.9. The minimum Gasteiger partial charge on any atom is -0.507 e. The third kappa shape index (κ3) is 2.83. The van der Waals surface area contributed by atoms with Crippen LogP contribution in [0.15, 0.2) is 29.6 Å². The SMILES string of the molecule is Cc1cc(N[C@@H]2CCCNC2)nnc1-c1ccc2sccc2c1O. The van der Waals surface area contributed by atoms with Gasteiger partial charge in [-0.15, -0.1) is 21.5 Å². The van der Waals surface area contributed by atoms with Gasteiger partial charge in [0.2, 0.25) is 0 Å². The molecule has 1 saturated heterocycles. The van der Waals surface area contributed by atoms with Crippen molar-refractivity contribution in [3.63, 3.8) is 0 Å². The quantitative estimate of drug-likeness (QED) is 0.680. The molecule has 1 fully saturated rings. The van der Waals surface area contributed by atoms with E-state index in [0.29, 0.717) is 6.04 Å². The number of aromatic hydroxyl groups is 1. The molecule has 4 rings (SSSR count). The maximum Gasteiger partial charge on any atom is 0.149 e. The van der Waals surface area contributed by atoms with E-state index in [1.807, 2.05) is 36.6 Å². The van der Waals surface area contributed by atoms with Crippen LogP contribution >= 0.6 is 11.3 Å². The van der Waals surface area contributed by atoms with E-state index in [1.54, 1.807) is 11.3 Å². The van der Waals surface area contributed by atoms with Gasteiger partial charge in [0.25, 0.3) is 0 Å². The molecule has 6 heteroatoms. The molecule has 3 aromatic rings. The molecule has 2 aromatic heterocycles. The minimum atomic E-state index is 0.281. The van der Waals surface area contributed by atoms with Crippen molar-refractivity contribution in [2.75, 3.05) is 18.4 Å². The average molecular weight is 340 g/mol. The van der Waals surface area contributed by atoms with Crippen LogP contribution in [-0.2, 0) is 0 Å². The Morgan fingerprint density at radius 1 is 1.29 bits per heavy atom. The highest BCUT2D eigenvalue weighted by Gasteiger charge is 2.16. The van der Waals surface area contributed by atoms with Gasteiger partial charge in [-0.2, -0.15) is 0 Å². The van der Waals surface area contributed by atoms with Crippen LogP contribution in [-0.4, -0.2) is 34.4 Å². The second kappa shape index (κ2) is 6.37. The molecular weight excluding hydrogens is 320 g/mol. The topological polar surface area (TPSA) is 70.1 Å². The number of nitrogens with zero attached hydrogens (tertiary/aromatic N) is 2. The fourth-order valence-electron chi connectivity index (χ4n) is 3.23. The van der Waals surface area contributed by atoms with Crippen molar-refractivity contribution in [1.82, 2.24) is 15.5 Å². The van der Waals surface area contributed by atoms with E-state index in [-0.39, 0.29) is 5.75 Å². The lowest BCUT2D eigenvalue weighted by atomic mass is 10.0. The van der Waals surface area contributed by atoms with Gasteiger partial charge >= 0.3 is 0 Å². The van der Waals surface area contributed by atoms with E-state index >= 15 is 0 Å². The van der Waals surface area contributed by atoms with Crippen molar-refractivity contribution >= 4 is 27.2 Å². The van der Waals surface area contributed by atoms with E-state index in [0.717, 1.165) is 52.2 Å². The Hall–Kier alpha value is -2.18. The lowest BCUT2D eigenvalue weighted by molar-refractivity contribution is 0.478. The summed E-state index contributed by atoms with van der Waals surface area (Å²) in [5.41, 5.74) is 2.46. The van der Waals surface area contributed by atoms with Gasteiger partial charge in [0.1, 0.15) is 11.6 Å². The summed E-state index contributed by atoms with van der Waals surface area (Å²) in [6, 6.07) is 8.29. The highest BCUT2D eigenvalue weighted by Crippen LogP contribution is 2.38. The number of aryl methyl sites for hydroxylation is 1. The summed E-state index contributed by atoms with van der Waals surface area (Å²) in [6.45, 7) is 4.05. The van der Waals surface area contributed by atoms with Crippen molar-refractivity contribution in [3.8, 4) is 17.0 Å². The highest BCUT2D eigenvalue weighted by atomic mass is 32.1. The Morgan fingerprint density at radius 2 is 2.21 bits per heavy atom. The molecule has 0 amide bonds. The number of piperidine rings is 1. The zero-order valence-electron chi connectivity index (χ0n) is 13.5. The molecule has 5 nitrogen and oxygen atoms in total. The summed E-state index contributed by atoms with van der Waals surface area (Å²) in [5.74, 6) is 1.07. The monoisotopic (exact) mass is 340 g/mol. The molecule has 0 unspecified atom stereocenters. The van der Waals surface area contributed by atoms with E-state index in [2.05, 4.69) is 20.8 Å². The Bertz CT molecular complexity index is 871. The molecule has 124 valence electrons. The molecule has 0 radical (unpaired) electrons. The van der Waals surface area contributed by atoms with E-state index < -0.39 is 0 Å². The first-order valence-electron chi connectivity index (χ1n) is 8.23. The van der Waals surface area contributed by atoms with Crippen LogP contribution in [0.25, 0.3) is 21.3 Å². The number of thiophene rings is 1. The first-order chi connectivity index (χ1) is 11.7. The zero-order valence-corrected chi connectivity index (χ0v) is 14.4. The molecule has 0 saturated carbocycles. The standard InChI is InChI=1S/C18H20N4OS/c1-11-9-16(20-12-3-2-7-19-10-12)21-22-17(11)14-4-5-15-13(18(14)23)6-8-24-15/h4-6,8-9,12,19,23H,2-3,7,10H2,1H3,(H,20,21)/t12-/m1/s1. The van der Waals surface area contributed by atoms with Crippen LogP contribution in [0.2, 0.25) is 0 Å². The van der Waals surface area contributed by atoms with Crippen molar-refractivity contribution in [2.24, 2.45) is 0 Å². The van der Waals surface area contributed by atoms with Gasteiger partial charge < -0.3 is 15.7 Å². The molecule has 1 aliphatic heterocycles. The third-order valence-electron chi connectivity index (χ3n) is 4.50. The number of phenols is 1. The van der Waals surface area contributed by atoms with Gasteiger partial charge in [-0.3, -0.25) is 0 Å². The van der Waals surface area contributed by atoms with Crippen LogP contribution in [0, 0.1) is 6.92 Å². The number of benzene rings is 1. The third-order valence-corrected chi connectivity index (χ3v) is 5.38. The summed E-state index contributed by atoms with van der Waals surface area (Å²) in [4.78, 5) is 0. The molecule has 1 aromatic carbocycles. The molecule has 0 aliphatic carbocycles. The van der Waals surface area contributed by atoms with Gasteiger partial charge in [-0.1, -0.05) is 0 Å². The number of anilines is 1. The maximum atomic E-state index is 10.6. The largest absolute Gasteiger partial charge is 0.507 e. The Morgan fingerprint density at radius 3 is 3.00 bits per heavy atom. The van der Waals surface area contributed by atoms with E-state index in [9.17, 15) is 5.11 Å². The lowest BCUT2D eigenvalue weighted by Crippen LogP contribution is -2.38. The minimum absolute atomic E-state index is 0.281.